The molecule has 0 fully saturated rings. The van der Waals surface area contributed by atoms with E-state index < -0.39 is 0 Å². The SMILES string of the molecule is CC.Cc1c(C#N)cccc1CN. The fraction of sp³-hybridized carbons (Fsp3) is 0.364. The monoisotopic (exact) mass is 176 g/mol. The standard InChI is InChI=1S/C9H10N2.C2H6/c1-7-8(5-10)3-2-4-9(7)6-11;1-2/h2-4H,5,10H2,1H3;1-2H3. The maximum Gasteiger partial charge on any atom is 0.0994 e. The molecule has 0 radical (unpaired) electrons. The molecule has 0 spiro atoms. The molecule has 0 aromatic heterocycles. The molecule has 13 heavy (non-hydrogen) atoms. The summed E-state index contributed by atoms with van der Waals surface area (Å²) in [6.45, 7) is 6.42. The number of benzene rings is 1. The van der Waals surface area contributed by atoms with Crippen molar-refractivity contribution in [1.82, 2.24) is 0 Å². The molecule has 0 unspecified atom stereocenters. The van der Waals surface area contributed by atoms with Gasteiger partial charge in [0.15, 0.2) is 0 Å². The quantitative estimate of drug-likeness (QED) is 0.714. The summed E-state index contributed by atoms with van der Waals surface area (Å²) in [6.07, 6.45) is 0. The van der Waals surface area contributed by atoms with E-state index in [1.165, 1.54) is 0 Å². The molecule has 0 saturated carbocycles. The highest BCUT2D eigenvalue weighted by Gasteiger charge is 1.99. The van der Waals surface area contributed by atoms with Crippen LogP contribution >= 0.6 is 0 Å². The number of nitrogens with two attached hydrogens (primary N) is 1. The highest BCUT2D eigenvalue weighted by Crippen LogP contribution is 2.11. The first kappa shape index (κ1) is 11.7. The molecule has 0 aliphatic heterocycles. The topological polar surface area (TPSA) is 49.8 Å². The smallest absolute Gasteiger partial charge is 0.0994 e. The van der Waals surface area contributed by atoms with Crippen molar-refractivity contribution in [1.29, 1.82) is 5.26 Å². The Morgan fingerprint density at radius 3 is 2.46 bits per heavy atom. The average Bonchev–Trinajstić information content (AvgIpc) is 2.21. The predicted octanol–water partition coefficient (Wildman–Crippen LogP) is 2.35. The summed E-state index contributed by atoms with van der Waals surface area (Å²) in [7, 11) is 0. The van der Waals surface area contributed by atoms with Gasteiger partial charge in [-0.1, -0.05) is 26.0 Å². The molecular formula is C11H16N2. The van der Waals surface area contributed by atoms with Gasteiger partial charge in [-0.15, -0.1) is 0 Å². The second-order valence-corrected chi connectivity index (χ2v) is 2.41. The lowest BCUT2D eigenvalue weighted by atomic mass is 10.0. The molecule has 2 nitrogen and oxygen atoms in total. The van der Waals surface area contributed by atoms with E-state index in [0.717, 1.165) is 11.1 Å². The van der Waals surface area contributed by atoms with E-state index in [-0.39, 0.29) is 0 Å². The molecule has 70 valence electrons. The lowest BCUT2D eigenvalue weighted by Gasteiger charge is -2.02. The van der Waals surface area contributed by atoms with Crippen LogP contribution in [0.4, 0.5) is 0 Å². The molecule has 0 atom stereocenters. The van der Waals surface area contributed by atoms with Crippen molar-refractivity contribution in [2.24, 2.45) is 5.73 Å². The Kier molecular flexibility index (Phi) is 5.58. The van der Waals surface area contributed by atoms with Crippen molar-refractivity contribution < 1.29 is 0 Å². The second kappa shape index (κ2) is 6.22. The summed E-state index contributed by atoms with van der Waals surface area (Å²) < 4.78 is 0. The maximum atomic E-state index is 8.65. The van der Waals surface area contributed by atoms with Crippen molar-refractivity contribution in [2.75, 3.05) is 0 Å². The third-order valence-electron chi connectivity index (χ3n) is 1.79. The van der Waals surface area contributed by atoms with Gasteiger partial charge in [-0.25, -0.2) is 0 Å². The van der Waals surface area contributed by atoms with Gasteiger partial charge in [0.25, 0.3) is 0 Å². The van der Waals surface area contributed by atoms with Crippen LogP contribution < -0.4 is 5.73 Å². The van der Waals surface area contributed by atoms with Crippen molar-refractivity contribution in [3.05, 3.63) is 34.9 Å². The summed E-state index contributed by atoms with van der Waals surface area (Å²) in [4.78, 5) is 0. The highest BCUT2D eigenvalue weighted by molar-refractivity contribution is 5.41. The third kappa shape index (κ3) is 2.89. The van der Waals surface area contributed by atoms with E-state index in [1.807, 2.05) is 32.9 Å². The Hall–Kier alpha value is -1.33. The molecule has 2 N–H and O–H groups in total. The predicted molar refractivity (Wildman–Crippen MR) is 55.1 cm³/mol. The summed E-state index contributed by atoms with van der Waals surface area (Å²) in [6, 6.07) is 7.71. The lowest BCUT2D eigenvalue weighted by molar-refractivity contribution is 1.05. The van der Waals surface area contributed by atoms with Crippen LogP contribution in [-0.4, -0.2) is 0 Å². The molecule has 0 aliphatic carbocycles. The number of rotatable bonds is 1. The molecule has 1 aromatic rings. The van der Waals surface area contributed by atoms with Crippen LogP contribution in [0.2, 0.25) is 0 Å². The highest BCUT2D eigenvalue weighted by atomic mass is 14.5. The number of hydrogen-bond acceptors (Lipinski definition) is 2. The fourth-order valence-corrected chi connectivity index (χ4v) is 1.03. The summed E-state index contributed by atoms with van der Waals surface area (Å²) in [5.41, 5.74) is 8.22. The number of nitriles is 1. The van der Waals surface area contributed by atoms with E-state index in [9.17, 15) is 0 Å². The van der Waals surface area contributed by atoms with E-state index in [2.05, 4.69) is 6.07 Å². The molecule has 1 rings (SSSR count). The first-order chi connectivity index (χ1) is 6.29. The van der Waals surface area contributed by atoms with Crippen LogP contribution in [0.25, 0.3) is 0 Å². The Balaban J connectivity index is 0.000000671. The van der Waals surface area contributed by atoms with Gasteiger partial charge in [0.2, 0.25) is 0 Å². The first-order valence-corrected chi connectivity index (χ1v) is 4.48. The van der Waals surface area contributed by atoms with Gasteiger partial charge in [0.1, 0.15) is 0 Å². The molecule has 0 heterocycles. The van der Waals surface area contributed by atoms with Crippen LogP contribution in [0.3, 0.4) is 0 Å². The van der Waals surface area contributed by atoms with Crippen LogP contribution in [0, 0.1) is 18.3 Å². The minimum atomic E-state index is 0.501. The van der Waals surface area contributed by atoms with Crippen molar-refractivity contribution in [3.63, 3.8) is 0 Å². The van der Waals surface area contributed by atoms with Gasteiger partial charge in [0.05, 0.1) is 11.6 Å². The fourth-order valence-electron chi connectivity index (χ4n) is 1.03. The zero-order valence-corrected chi connectivity index (χ0v) is 8.46. The zero-order valence-electron chi connectivity index (χ0n) is 8.46. The average molecular weight is 176 g/mol. The van der Waals surface area contributed by atoms with Crippen molar-refractivity contribution >= 4 is 0 Å². The molecule has 0 saturated heterocycles. The summed E-state index contributed by atoms with van der Waals surface area (Å²) in [5, 5.41) is 8.65. The molecular weight excluding hydrogens is 160 g/mol. The minimum absolute atomic E-state index is 0.501. The third-order valence-corrected chi connectivity index (χ3v) is 1.79. The normalized spacial score (nSPS) is 8.23. The van der Waals surface area contributed by atoms with E-state index in [0.29, 0.717) is 12.1 Å². The van der Waals surface area contributed by atoms with Gasteiger partial charge in [-0.2, -0.15) is 5.26 Å². The van der Waals surface area contributed by atoms with Gasteiger partial charge >= 0.3 is 0 Å². The van der Waals surface area contributed by atoms with E-state index >= 15 is 0 Å². The summed E-state index contributed by atoms with van der Waals surface area (Å²) in [5.74, 6) is 0. The van der Waals surface area contributed by atoms with Crippen LogP contribution in [-0.2, 0) is 6.54 Å². The lowest BCUT2D eigenvalue weighted by Crippen LogP contribution is -1.99. The van der Waals surface area contributed by atoms with E-state index in [4.69, 9.17) is 11.0 Å². The second-order valence-electron chi connectivity index (χ2n) is 2.41. The Morgan fingerprint density at radius 1 is 1.38 bits per heavy atom. The maximum absolute atomic E-state index is 8.65. The van der Waals surface area contributed by atoms with Crippen LogP contribution in [0.5, 0.6) is 0 Å². The first-order valence-electron chi connectivity index (χ1n) is 4.48. The van der Waals surface area contributed by atoms with Crippen LogP contribution in [0.1, 0.15) is 30.5 Å². The Labute approximate surface area is 80.0 Å². The molecule has 2 heteroatoms. The van der Waals surface area contributed by atoms with Gasteiger partial charge in [-0.3, -0.25) is 0 Å². The Bertz CT molecular complexity index is 297. The van der Waals surface area contributed by atoms with Gasteiger partial charge < -0.3 is 5.73 Å². The van der Waals surface area contributed by atoms with Crippen LogP contribution in [0.15, 0.2) is 18.2 Å². The zero-order chi connectivity index (χ0) is 10.3. The largest absolute Gasteiger partial charge is 0.326 e. The number of nitrogens with zero attached hydrogens (tertiary/aromatic N) is 1. The molecule has 1 aromatic carbocycles. The van der Waals surface area contributed by atoms with Gasteiger partial charge in [0, 0.05) is 6.54 Å². The minimum Gasteiger partial charge on any atom is -0.326 e. The van der Waals surface area contributed by atoms with Gasteiger partial charge in [-0.05, 0) is 24.1 Å². The Morgan fingerprint density at radius 2 is 2.00 bits per heavy atom. The van der Waals surface area contributed by atoms with Crippen molar-refractivity contribution in [2.45, 2.75) is 27.3 Å². The van der Waals surface area contributed by atoms with E-state index in [1.54, 1.807) is 6.07 Å². The summed E-state index contributed by atoms with van der Waals surface area (Å²) >= 11 is 0. The molecule has 0 amide bonds. The number of hydrogen-bond donors (Lipinski definition) is 1. The molecule has 0 aliphatic rings. The van der Waals surface area contributed by atoms with Crippen molar-refractivity contribution in [3.8, 4) is 6.07 Å². The molecule has 0 bridgehead atoms.